The van der Waals surface area contributed by atoms with Crippen LogP contribution in [0.5, 0.6) is 0 Å². The number of ketones is 1. The van der Waals surface area contributed by atoms with Gasteiger partial charge in [0.15, 0.2) is 5.78 Å². The van der Waals surface area contributed by atoms with E-state index in [1.54, 1.807) is 7.11 Å². The maximum absolute atomic E-state index is 13.9. The molecular formula is C24H30O5. The quantitative estimate of drug-likeness (QED) is 0.712. The van der Waals surface area contributed by atoms with Gasteiger partial charge in [-0.25, -0.2) is 0 Å². The molecule has 0 spiro atoms. The molecule has 5 nitrogen and oxygen atoms in total. The monoisotopic (exact) mass is 398 g/mol. The van der Waals surface area contributed by atoms with E-state index in [4.69, 9.17) is 14.2 Å². The number of carbonyl (C=O) groups excluding carboxylic acids is 2. The average molecular weight is 398 g/mol. The Morgan fingerprint density at radius 1 is 1.17 bits per heavy atom. The minimum Gasteiger partial charge on any atom is -0.461 e. The highest BCUT2D eigenvalue weighted by atomic mass is 16.6. The van der Waals surface area contributed by atoms with Crippen LogP contribution in [0.4, 0.5) is 0 Å². The first-order valence-corrected chi connectivity index (χ1v) is 10.8. The van der Waals surface area contributed by atoms with Gasteiger partial charge >= 0.3 is 5.97 Å². The van der Waals surface area contributed by atoms with Crippen molar-refractivity contribution in [2.75, 3.05) is 13.7 Å². The molecule has 5 rings (SSSR count). The van der Waals surface area contributed by atoms with Crippen molar-refractivity contribution in [1.82, 2.24) is 0 Å². The second-order valence-corrected chi connectivity index (χ2v) is 9.62. The summed E-state index contributed by atoms with van der Waals surface area (Å²) in [7, 11) is 1.66. The van der Waals surface area contributed by atoms with Crippen molar-refractivity contribution in [3.63, 3.8) is 0 Å². The van der Waals surface area contributed by atoms with Crippen LogP contribution in [0.3, 0.4) is 0 Å². The minimum atomic E-state index is -0.563. The first-order valence-electron chi connectivity index (χ1n) is 10.8. The zero-order valence-corrected chi connectivity index (χ0v) is 17.7. The third-order valence-corrected chi connectivity index (χ3v) is 7.54. The largest absolute Gasteiger partial charge is 0.461 e. The van der Waals surface area contributed by atoms with Gasteiger partial charge < -0.3 is 14.2 Å². The Morgan fingerprint density at radius 2 is 1.86 bits per heavy atom. The van der Waals surface area contributed by atoms with Crippen molar-refractivity contribution >= 4 is 11.8 Å². The Labute approximate surface area is 172 Å². The Hall–Kier alpha value is -1.72. The van der Waals surface area contributed by atoms with Gasteiger partial charge in [-0.15, -0.1) is 0 Å². The summed E-state index contributed by atoms with van der Waals surface area (Å²) in [4.78, 5) is 26.6. The fourth-order valence-electron chi connectivity index (χ4n) is 6.42. The highest BCUT2D eigenvalue weighted by Crippen LogP contribution is 2.61. The van der Waals surface area contributed by atoms with Crippen LogP contribution in [0.15, 0.2) is 12.1 Å². The lowest BCUT2D eigenvalue weighted by Gasteiger charge is -2.31. The predicted octanol–water partition coefficient (Wildman–Crippen LogP) is 3.41. The van der Waals surface area contributed by atoms with Gasteiger partial charge in [-0.2, -0.15) is 0 Å². The van der Waals surface area contributed by atoms with Gasteiger partial charge in [-0.1, -0.05) is 17.7 Å². The summed E-state index contributed by atoms with van der Waals surface area (Å²) in [6.45, 7) is 6.61. The number of carbonyl (C=O) groups is 2. The first kappa shape index (κ1) is 19.3. The molecule has 3 unspecified atom stereocenters. The van der Waals surface area contributed by atoms with E-state index in [-0.39, 0.29) is 35.6 Å². The number of hydrogen-bond acceptors (Lipinski definition) is 5. The molecule has 2 saturated carbocycles. The van der Waals surface area contributed by atoms with E-state index in [1.165, 1.54) is 5.56 Å². The lowest BCUT2D eigenvalue weighted by atomic mass is 9.73. The summed E-state index contributed by atoms with van der Waals surface area (Å²) in [5.74, 6) is -0.702. The standard InChI is InChI=1S/C24H30O5/c1-12-9-13(2)17(14(3)10-12)19-21(25)20-18(22(19)28-23(26)15-5-6-15)16-7-8-24(20,29-16)11-27-4/h9-10,15-16,18-20,22H,5-8,11H2,1-4H3/t16-,18-,19?,20?,22?,24-/m0/s1. The van der Waals surface area contributed by atoms with Crippen molar-refractivity contribution in [3.8, 4) is 0 Å². The fraction of sp³-hybridized carbons (Fsp3) is 0.667. The summed E-state index contributed by atoms with van der Waals surface area (Å²) < 4.78 is 18.0. The summed E-state index contributed by atoms with van der Waals surface area (Å²) >= 11 is 0. The van der Waals surface area contributed by atoms with Crippen LogP contribution < -0.4 is 0 Å². The van der Waals surface area contributed by atoms with E-state index in [1.807, 2.05) is 0 Å². The highest BCUT2D eigenvalue weighted by molar-refractivity contribution is 5.94. The van der Waals surface area contributed by atoms with E-state index in [9.17, 15) is 9.59 Å². The van der Waals surface area contributed by atoms with Crippen LogP contribution in [0.1, 0.15) is 53.9 Å². The second kappa shape index (κ2) is 6.64. The Balaban J connectivity index is 1.59. The smallest absolute Gasteiger partial charge is 0.309 e. The molecule has 2 heterocycles. The summed E-state index contributed by atoms with van der Waals surface area (Å²) in [5, 5.41) is 0. The fourth-order valence-corrected chi connectivity index (χ4v) is 6.42. The molecule has 1 aromatic rings. The summed E-state index contributed by atoms with van der Waals surface area (Å²) in [6, 6.07) is 4.25. The van der Waals surface area contributed by atoms with E-state index in [0.29, 0.717) is 6.61 Å². The molecule has 4 fully saturated rings. The molecule has 29 heavy (non-hydrogen) atoms. The number of ether oxygens (including phenoxy) is 3. The number of benzene rings is 1. The van der Waals surface area contributed by atoms with Gasteiger partial charge in [0.2, 0.25) is 0 Å². The molecule has 0 aromatic heterocycles. The second-order valence-electron chi connectivity index (χ2n) is 9.62. The van der Waals surface area contributed by atoms with Crippen molar-refractivity contribution < 1.29 is 23.8 Å². The van der Waals surface area contributed by atoms with E-state index >= 15 is 0 Å². The lowest BCUT2D eigenvalue weighted by Crippen LogP contribution is -2.44. The van der Waals surface area contributed by atoms with Crippen molar-refractivity contribution in [2.45, 2.75) is 70.2 Å². The number of aryl methyl sites for hydroxylation is 3. The van der Waals surface area contributed by atoms with Crippen LogP contribution in [0.25, 0.3) is 0 Å². The molecule has 2 bridgehead atoms. The molecule has 6 atom stereocenters. The molecule has 0 amide bonds. The normalized spacial score (nSPS) is 37.8. The molecule has 2 aliphatic heterocycles. The van der Waals surface area contributed by atoms with Crippen LogP contribution in [0, 0.1) is 38.5 Å². The molecule has 156 valence electrons. The topological polar surface area (TPSA) is 61.8 Å². The Morgan fingerprint density at radius 3 is 2.48 bits per heavy atom. The van der Waals surface area contributed by atoms with Crippen LogP contribution >= 0.6 is 0 Å². The van der Waals surface area contributed by atoms with E-state index in [0.717, 1.165) is 42.4 Å². The third kappa shape index (κ3) is 2.81. The van der Waals surface area contributed by atoms with Gasteiger partial charge in [-0.3, -0.25) is 9.59 Å². The Kier molecular flexibility index (Phi) is 4.41. The van der Waals surface area contributed by atoms with E-state index in [2.05, 4.69) is 32.9 Å². The van der Waals surface area contributed by atoms with Crippen molar-refractivity contribution in [3.05, 3.63) is 34.4 Å². The zero-order valence-electron chi connectivity index (χ0n) is 17.7. The summed E-state index contributed by atoms with van der Waals surface area (Å²) in [5.41, 5.74) is 3.85. The first-order chi connectivity index (χ1) is 13.9. The molecule has 2 saturated heterocycles. The maximum atomic E-state index is 13.9. The van der Waals surface area contributed by atoms with Gasteiger partial charge in [0.1, 0.15) is 11.7 Å². The van der Waals surface area contributed by atoms with Gasteiger partial charge in [0.05, 0.1) is 30.5 Å². The van der Waals surface area contributed by atoms with Gasteiger partial charge in [-0.05, 0) is 63.1 Å². The maximum Gasteiger partial charge on any atom is 0.309 e. The molecule has 1 aromatic carbocycles. The van der Waals surface area contributed by atoms with E-state index < -0.39 is 17.6 Å². The highest BCUT2D eigenvalue weighted by Gasteiger charge is 2.70. The molecule has 0 N–H and O–H groups in total. The molecular weight excluding hydrogens is 368 g/mol. The SMILES string of the molecule is COC[C@]12CC[C@H](O1)[C@@H]1C(OC(=O)C3CC3)C(c3c(C)cc(C)cc3C)C(=O)C12. The number of methoxy groups -OCH3 is 1. The summed E-state index contributed by atoms with van der Waals surface area (Å²) in [6.07, 6.45) is 3.05. The van der Waals surface area contributed by atoms with Crippen molar-refractivity contribution in [1.29, 1.82) is 0 Å². The number of rotatable bonds is 5. The zero-order chi connectivity index (χ0) is 20.5. The Bertz CT molecular complexity index is 849. The minimum absolute atomic E-state index is 0.0115. The average Bonchev–Trinajstić information content (AvgIpc) is 3.28. The van der Waals surface area contributed by atoms with Crippen LogP contribution in [-0.2, 0) is 23.8 Å². The van der Waals surface area contributed by atoms with Crippen molar-refractivity contribution in [2.24, 2.45) is 17.8 Å². The molecule has 5 heteroatoms. The molecule has 2 aliphatic carbocycles. The van der Waals surface area contributed by atoms with Gasteiger partial charge in [0.25, 0.3) is 0 Å². The lowest BCUT2D eigenvalue weighted by molar-refractivity contribution is -0.154. The van der Waals surface area contributed by atoms with Crippen LogP contribution in [-0.4, -0.2) is 43.3 Å². The molecule has 0 radical (unpaired) electrons. The van der Waals surface area contributed by atoms with Gasteiger partial charge in [0, 0.05) is 13.0 Å². The van der Waals surface area contributed by atoms with Crippen LogP contribution in [0.2, 0.25) is 0 Å². The number of esters is 1. The third-order valence-electron chi connectivity index (χ3n) is 7.54. The predicted molar refractivity (Wildman–Crippen MR) is 107 cm³/mol. The number of hydrogen-bond donors (Lipinski definition) is 0. The number of fused-ring (bicyclic) bond motifs is 5. The molecule has 4 aliphatic rings. The number of Topliss-reactive ketones (excluding diaryl/α,β-unsaturated/α-hetero) is 1.